The summed E-state index contributed by atoms with van der Waals surface area (Å²) in [7, 11) is 2.10. The molecule has 1 saturated heterocycles. The number of amides is 4. The van der Waals surface area contributed by atoms with Crippen molar-refractivity contribution in [3.05, 3.63) is 64.2 Å². The number of nitrogens with zero attached hydrogens (tertiary/aromatic N) is 2. The van der Waals surface area contributed by atoms with Crippen molar-refractivity contribution in [2.45, 2.75) is 58.9 Å². The van der Waals surface area contributed by atoms with Gasteiger partial charge in [-0.2, -0.15) is 0 Å². The number of nitrogens with one attached hydrogen (secondary N) is 1. The summed E-state index contributed by atoms with van der Waals surface area (Å²) >= 11 is 0. The van der Waals surface area contributed by atoms with Crippen LogP contribution in [0.4, 0.5) is 16.2 Å². The second-order valence-corrected chi connectivity index (χ2v) is 9.72. The number of benzene rings is 2. The zero-order chi connectivity index (χ0) is 24.1. The number of carbonyl (C=O) groups excluding carboxylic acids is 3. The maximum Gasteiger partial charge on any atom is 0.335 e. The quantitative estimate of drug-likeness (QED) is 0.536. The Labute approximate surface area is 195 Å². The van der Waals surface area contributed by atoms with Crippen molar-refractivity contribution in [1.29, 1.82) is 0 Å². The molecule has 1 N–H and O–H groups in total. The van der Waals surface area contributed by atoms with Crippen LogP contribution in [-0.4, -0.2) is 30.4 Å². The highest BCUT2D eigenvalue weighted by Gasteiger charge is 2.38. The molecule has 0 unspecified atom stereocenters. The van der Waals surface area contributed by atoms with Crippen molar-refractivity contribution in [2.75, 3.05) is 16.8 Å². The van der Waals surface area contributed by atoms with Gasteiger partial charge in [-0.05, 0) is 92.1 Å². The molecular weight excluding hydrogens is 414 g/mol. The smallest absolute Gasteiger partial charge is 0.335 e. The van der Waals surface area contributed by atoms with E-state index in [0.29, 0.717) is 11.6 Å². The Kier molecular flexibility index (Phi) is 5.64. The Morgan fingerprint density at radius 1 is 1.12 bits per heavy atom. The zero-order valence-corrected chi connectivity index (χ0v) is 20.2. The van der Waals surface area contributed by atoms with Crippen molar-refractivity contribution in [3.63, 3.8) is 0 Å². The Hall–Kier alpha value is -3.41. The molecule has 0 spiro atoms. The topological polar surface area (TPSA) is 69.7 Å². The monoisotopic (exact) mass is 445 g/mol. The van der Waals surface area contributed by atoms with Crippen LogP contribution in [0.25, 0.3) is 6.08 Å². The van der Waals surface area contributed by atoms with Gasteiger partial charge in [-0.3, -0.25) is 14.9 Å². The first-order valence-electron chi connectivity index (χ1n) is 11.4. The first-order valence-corrected chi connectivity index (χ1v) is 11.4. The number of rotatable bonds is 3. The second kappa shape index (κ2) is 8.18. The van der Waals surface area contributed by atoms with Gasteiger partial charge < -0.3 is 4.90 Å². The van der Waals surface area contributed by atoms with E-state index in [9.17, 15) is 14.4 Å². The summed E-state index contributed by atoms with van der Waals surface area (Å²) in [5.41, 5.74) is 5.68. The molecule has 1 fully saturated rings. The van der Waals surface area contributed by atoms with E-state index in [1.165, 1.54) is 11.3 Å². The van der Waals surface area contributed by atoms with Gasteiger partial charge in [0.2, 0.25) is 0 Å². The molecular formula is C27H31N3O3. The molecule has 2 aromatic carbocycles. The molecule has 4 amide bonds. The van der Waals surface area contributed by atoms with E-state index in [2.05, 4.69) is 50.2 Å². The van der Waals surface area contributed by atoms with Gasteiger partial charge in [0.15, 0.2) is 0 Å². The maximum absolute atomic E-state index is 13.3. The SMILES string of the molecule is CCc1ccc(N2C(=O)NC(=O)/C(=C\c3cc4c(cc3C)N(C)C(C)(C)C[C@H]4C)C2=O)cc1. The average Bonchev–Trinajstić information content (AvgIpc) is 2.75. The van der Waals surface area contributed by atoms with Gasteiger partial charge in [0.25, 0.3) is 11.8 Å². The number of fused-ring (bicyclic) bond motifs is 1. The van der Waals surface area contributed by atoms with Gasteiger partial charge in [0.05, 0.1) is 5.69 Å². The van der Waals surface area contributed by atoms with Crippen LogP contribution in [0.1, 0.15) is 62.3 Å². The van der Waals surface area contributed by atoms with Crippen molar-refractivity contribution >= 4 is 35.3 Å². The first kappa shape index (κ1) is 22.8. The summed E-state index contributed by atoms with van der Waals surface area (Å²) in [5.74, 6) is -0.943. The van der Waals surface area contributed by atoms with E-state index in [4.69, 9.17) is 0 Å². The lowest BCUT2D eigenvalue weighted by molar-refractivity contribution is -0.122. The third-order valence-corrected chi connectivity index (χ3v) is 7.03. The van der Waals surface area contributed by atoms with Crippen LogP contribution < -0.4 is 15.1 Å². The fraction of sp³-hybridized carbons (Fsp3) is 0.370. The molecule has 2 aromatic rings. The second-order valence-electron chi connectivity index (χ2n) is 9.72. The molecule has 0 saturated carbocycles. The highest BCUT2D eigenvalue weighted by atomic mass is 16.2. The highest BCUT2D eigenvalue weighted by molar-refractivity contribution is 6.39. The number of barbiturate groups is 1. The molecule has 2 aliphatic rings. The lowest BCUT2D eigenvalue weighted by Gasteiger charge is -2.45. The summed E-state index contributed by atoms with van der Waals surface area (Å²) in [5, 5.41) is 2.32. The van der Waals surface area contributed by atoms with Crippen molar-refractivity contribution in [2.24, 2.45) is 0 Å². The Morgan fingerprint density at radius 2 is 1.79 bits per heavy atom. The predicted octanol–water partition coefficient (Wildman–Crippen LogP) is 4.95. The van der Waals surface area contributed by atoms with Crippen molar-refractivity contribution in [1.82, 2.24) is 5.32 Å². The van der Waals surface area contributed by atoms with Crippen molar-refractivity contribution in [3.8, 4) is 0 Å². The molecule has 0 aliphatic carbocycles. The van der Waals surface area contributed by atoms with E-state index >= 15 is 0 Å². The molecule has 0 bridgehead atoms. The molecule has 6 nitrogen and oxygen atoms in total. The molecule has 4 rings (SSSR count). The van der Waals surface area contributed by atoms with E-state index in [0.717, 1.165) is 34.4 Å². The van der Waals surface area contributed by atoms with Crippen LogP contribution in [0.15, 0.2) is 42.0 Å². The Balaban J connectivity index is 1.75. The van der Waals surface area contributed by atoms with Gasteiger partial charge >= 0.3 is 6.03 Å². The van der Waals surface area contributed by atoms with Crippen LogP contribution in [-0.2, 0) is 16.0 Å². The number of imide groups is 2. The van der Waals surface area contributed by atoms with Gasteiger partial charge in [-0.25, -0.2) is 9.69 Å². The van der Waals surface area contributed by atoms with E-state index < -0.39 is 17.8 Å². The van der Waals surface area contributed by atoms with Crippen molar-refractivity contribution < 1.29 is 14.4 Å². The Morgan fingerprint density at radius 3 is 2.42 bits per heavy atom. The van der Waals surface area contributed by atoms with E-state index in [1.807, 2.05) is 26.0 Å². The maximum atomic E-state index is 13.3. The minimum Gasteiger partial charge on any atom is -0.369 e. The number of hydrogen-bond acceptors (Lipinski definition) is 4. The van der Waals surface area contributed by atoms with Gasteiger partial charge in [-0.1, -0.05) is 26.0 Å². The molecule has 2 heterocycles. The lowest BCUT2D eigenvalue weighted by atomic mass is 9.79. The molecule has 6 heteroatoms. The summed E-state index contributed by atoms with van der Waals surface area (Å²) in [4.78, 5) is 41.7. The normalized spacial score (nSPS) is 21.3. The predicted molar refractivity (Wildman–Crippen MR) is 132 cm³/mol. The zero-order valence-electron chi connectivity index (χ0n) is 20.2. The van der Waals surface area contributed by atoms with Gasteiger partial charge in [-0.15, -0.1) is 0 Å². The first-order chi connectivity index (χ1) is 15.5. The number of urea groups is 1. The van der Waals surface area contributed by atoms with E-state index in [1.54, 1.807) is 18.2 Å². The molecule has 33 heavy (non-hydrogen) atoms. The summed E-state index contributed by atoms with van der Waals surface area (Å²) < 4.78 is 0. The van der Waals surface area contributed by atoms with Crippen LogP contribution in [0.2, 0.25) is 0 Å². The van der Waals surface area contributed by atoms with Gasteiger partial charge in [0.1, 0.15) is 5.57 Å². The average molecular weight is 446 g/mol. The summed E-state index contributed by atoms with van der Waals surface area (Å²) in [6, 6.07) is 10.7. The summed E-state index contributed by atoms with van der Waals surface area (Å²) in [6.07, 6.45) is 3.47. The Bertz CT molecular complexity index is 1180. The standard InChI is InChI=1S/C27H31N3O3/c1-7-18-8-10-20(11-9-18)30-25(32)22(24(31)28-26(30)33)14-19-13-21-17(3)15-27(4,5)29(6)23(21)12-16(19)2/h8-14,17H,7,15H2,1-6H3,(H,28,31,33)/b22-14+/t17-/m1/s1. The molecule has 0 aromatic heterocycles. The number of carbonyl (C=O) groups is 3. The number of aryl methyl sites for hydroxylation is 2. The molecule has 0 radical (unpaired) electrons. The molecule has 1 atom stereocenters. The molecule has 172 valence electrons. The third-order valence-electron chi connectivity index (χ3n) is 7.03. The lowest BCUT2D eigenvalue weighted by Crippen LogP contribution is -2.54. The minimum absolute atomic E-state index is 0.0469. The third kappa shape index (κ3) is 3.94. The number of anilines is 2. The number of hydrogen-bond donors (Lipinski definition) is 1. The van der Waals surface area contributed by atoms with Crippen LogP contribution >= 0.6 is 0 Å². The highest BCUT2D eigenvalue weighted by Crippen LogP contribution is 2.43. The minimum atomic E-state index is -0.731. The van der Waals surface area contributed by atoms with Gasteiger partial charge in [0, 0.05) is 18.3 Å². The van der Waals surface area contributed by atoms with Crippen LogP contribution in [0.5, 0.6) is 0 Å². The molecule has 2 aliphatic heterocycles. The fourth-order valence-corrected chi connectivity index (χ4v) is 4.82. The largest absolute Gasteiger partial charge is 0.369 e. The fourth-order valence-electron chi connectivity index (χ4n) is 4.82. The van der Waals surface area contributed by atoms with Crippen LogP contribution in [0.3, 0.4) is 0 Å². The van der Waals surface area contributed by atoms with Crippen LogP contribution in [0, 0.1) is 6.92 Å². The van der Waals surface area contributed by atoms with E-state index in [-0.39, 0.29) is 11.1 Å². The summed E-state index contributed by atoms with van der Waals surface area (Å²) in [6.45, 7) is 10.7.